The van der Waals surface area contributed by atoms with Gasteiger partial charge in [0.2, 0.25) is 5.89 Å². The van der Waals surface area contributed by atoms with Gasteiger partial charge in [0.15, 0.2) is 0 Å². The van der Waals surface area contributed by atoms with Gasteiger partial charge in [0.05, 0.1) is 0 Å². The normalized spacial score (nSPS) is 25.8. The average molecular weight is 224 g/mol. The van der Waals surface area contributed by atoms with Crippen molar-refractivity contribution in [3.05, 3.63) is 11.7 Å². The number of rotatable bonds is 1. The Morgan fingerprint density at radius 3 is 2.56 bits per heavy atom. The van der Waals surface area contributed by atoms with Crippen LogP contribution in [0.5, 0.6) is 0 Å². The summed E-state index contributed by atoms with van der Waals surface area (Å²) >= 11 is 0. The van der Waals surface area contributed by atoms with Crippen molar-refractivity contribution in [2.45, 2.75) is 32.9 Å². The van der Waals surface area contributed by atoms with E-state index in [0.29, 0.717) is 31.1 Å². The molecule has 0 aromatic carbocycles. The molecule has 0 bridgehead atoms. The number of nitrogens with zero attached hydrogens (tertiary/aromatic N) is 3. The third-order valence-corrected chi connectivity index (χ3v) is 2.56. The Balaban J connectivity index is 2.09. The molecule has 1 aromatic heterocycles. The molecule has 0 spiro atoms. The molecule has 1 aliphatic heterocycles. The van der Waals surface area contributed by atoms with Crippen molar-refractivity contribution < 1.29 is 9.32 Å². The third kappa shape index (κ3) is 2.21. The van der Waals surface area contributed by atoms with E-state index in [9.17, 15) is 4.79 Å². The van der Waals surface area contributed by atoms with Crippen LogP contribution in [-0.4, -0.2) is 46.1 Å². The number of hydrogen-bond acceptors (Lipinski definition) is 5. The van der Waals surface area contributed by atoms with Gasteiger partial charge in [-0.1, -0.05) is 5.16 Å². The van der Waals surface area contributed by atoms with Crippen LogP contribution < -0.4 is 5.32 Å². The van der Waals surface area contributed by atoms with E-state index >= 15 is 0 Å². The van der Waals surface area contributed by atoms with E-state index in [1.807, 2.05) is 0 Å². The topological polar surface area (TPSA) is 71.3 Å². The van der Waals surface area contributed by atoms with Crippen molar-refractivity contribution in [3.63, 3.8) is 0 Å². The van der Waals surface area contributed by atoms with Crippen LogP contribution in [0.2, 0.25) is 0 Å². The second-order valence-electron chi connectivity index (χ2n) is 4.32. The van der Waals surface area contributed by atoms with Gasteiger partial charge < -0.3 is 14.7 Å². The van der Waals surface area contributed by atoms with Gasteiger partial charge in [0.25, 0.3) is 11.7 Å². The number of aryl methyl sites for hydroxylation is 1. The molecule has 1 fully saturated rings. The Morgan fingerprint density at radius 2 is 2.06 bits per heavy atom. The Kier molecular flexibility index (Phi) is 2.91. The molecule has 0 radical (unpaired) electrons. The summed E-state index contributed by atoms with van der Waals surface area (Å²) in [6.45, 7) is 7.13. The fraction of sp³-hybridized carbons (Fsp3) is 0.700. The number of aromatic nitrogens is 2. The summed E-state index contributed by atoms with van der Waals surface area (Å²) in [4.78, 5) is 17.7. The van der Waals surface area contributed by atoms with Crippen molar-refractivity contribution >= 4 is 5.91 Å². The quantitative estimate of drug-likeness (QED) is 0.738. The highest BCUT2D eigenvalue weighted by molar-refractivity contribution is 5.90. The first kappa shape index (κ1) is 11.1. The van der Waals surface area contributed by atoms with Crippen molar-refractivity contribution in [1.29, 1.82) is 0 Å². The molecule has 0 saturated carbocycles. The van der Waals surface area contributed by atoms with E-state index in [1.165, 1.54) is 0 Å². The highest BCUT2D eigenvalue weighted by atomic mass is 16.5. The molecule has 2 rings (SSSR count). The fourth-order valence-electron chi connectivity index (χ4n) is 2.02. The molecule has 1 aromatic rings. The molecule has 2 unspecified atom stereocenters. The van der Waals surface area contributed by atoms with Gasteiger partial charge in [-0.2, -0.15) is 4.98 Å². The zero-order valence-corrected chi connectivity index (χ0v) is 9.73. The molecule has 2 heterocycles. The second kappa shape index (κ2) is 4.21. The molecular formula is C10H16N4O2. The van der Waals surface area contributed by atoms with E-state index in [1.54, 1.807) is 11.8 Å². The minimum atomic E-state index is -0.156. The molecule has 1 N–H and O–H groups in total. The number of carbonyl (C=O) groups is 1. The second-order valence-corrected chi connectivity index (χ2v) is 4.32. The first-order valence-corrected chi connectivity index (χ1v) is 5.42. The van der Waals surface area contributed by atoms with Gasteiger partial charge in [-0.3, -0.25) is 4.79 Å². The molecule has 0 aliphatic carbocycles. The summed E-state index contributed by atoms with van der Waals surface area (Å²) < 4.78 is 4.81. The standard InChI is InChI=1S/C10H16N4O2/c1-6-4-14(5-7(2)11-6)10(15)9-12-8(3)16-13-9/h6-7,11H,4-5H2,1-3H3. The maximum absolute atomic E-state index is 12.0. The summed E-state index contributed by atoms with van der Waals surface area (Å²) in [7, 11) is 0. The third-order valence-electron chi connectivity index (χ3n) is 2.56. The van der Waals surface area contributed by atoms with Crippen LogP contribution in [-0.2, 0) is 0 Å². The first-order chi connectivity index (χ1) is 7.56. The summed E-state index contributed by atoms with van der Waals surface area (Å²) in [6.07, 6.45) is 0. The van der Waals surface area contributed by atoms with Crippen molar-refractivity contribution in [2.75, 3.05) is 13.1 Å². The van der Waals surface area contributed by atoms with E-state index in [2.05, 4.69) is 29.3 Å². The highest BCUT2D eigenvalue weighted by Gasteiger charge is 2.27. The lowest BCUT2D eigenvalue weighted by molar-refractivity contribution is 0.0658. The number of piperazine rings is 1. The van der Waals surface area contributed by atoms with Gasteiger partial charge in [-0.05, 0) is 13.8 Å². The first-order valence-electron chi connectivity index (χ1n) is 5.42. The molecule has 88 valence electrons. The minimum absolute atomic E-state index is 0.152. The molecule has 16 heavy (non-hydrogen) atoms. The predicted octanol–water partition coefficient (Wildman–Crippen LogP) is 0.200. The van der Waals surface area contributed by atoms with E-state index in [0.717, 1.165) is 0 Å². The van der Waals surface area contributed by atoms with Crippen LogP contribution in [0.25, 0.3) is 0 Å². The molecule has 6 nitrogen and oxygen atoms in total. The monoisotopic (exact) mass is 224 g/mol. The van der Waals surface area contributed by atoms with Crippen LogP contribution in [0.4, 0.5) is 0 Å². The molecule has 2 atom stereocenters. The molecule has 1 saturated heterocycles. The fourth-order valence-corrected chi connectivity index (χ4v) is 2.02. The average Bonchev–Trinajstić information content (AvgIpc) is 2.62. The Morgan fingerprint density at radius 1 is 1.44 bits per heavy atom. The predicted molar refractivity (Wildman–Crippen MR) is 57.0 cm³/mol. The zero-order chi connectivity index (χ0) is 11.7. The molecule has 1 amide bonds. The molecular weight excluding hydrogens is 208 g/mol. The lowest BCUT2D eigenvalue weighted by atomic mass is 10.1. The lowest BCUT2D eigenvalue weighted by Crippen LogP contribution is -2.56. The van der Waals surface area contributed by atoms with E-state index in [4.69, 9.17) is 4.52 Å². The zero-order valence-electron chi connectivity index (χ0n) is 9.73. The number of hydrogen-bond donors (Lipinski definition) is 1. The van der Waals surface area contributed by atoms with Crippen LogP contribution >= 0.6 is 0 Å². The Bertz CT molecular complexity index is 380. The van der Waals surface area contributed by atoms with Gasteiger partial charge in [0, 0.05) is 32.1 Å². The van der Waals surface area contributed by atoms with Crippen LogP contribution in [0.15, 0.2) is 4.52 Å². The maximum Gasteiger partial charge on any atom is 0.295 e. The summed E-state index contributed by atoms with van der Waals surface area (Å²) in [5, 5.41) is 7.01. The number of amides is 1. The minimum Gasteiger partial charge on any atom is -0.339 e. The molecule has 6 heteroatoms. The summed E-state index contributed by atoms with van der Waals surface area (Å²) in [5.41, 5.74) is 0. The van der Waals surface area contributed by atoms with E-state index < -0.39 is 0 Å². The number of carbonyl (C=O) groups excluding carboxylic acids is 1. The van der Waals surface area contributed by atoms with Gasteiger partial charge in [-0.15, -0.1) is 0 Å². The summed E-state index contributed by atoms with van der Waals surface area (Å²) in [5.74, 6) is 0.412. The highest BCUT2D eigenvalue weighted by Crippen LogP contribution is 2.08. The van der Waals surface area contributed by atoms with Crippen molar-refractivity contribution in [2.24, 2.45) is 0 Å². The van der Waals surface area contributed by atoms with Gasteiger partial charge >= 0.3 is 0 Å². The molecule has 1 aliphatic rings. The van der Waals surface area contributed by atoms with Crippen LogP contribution in [0, 0.1) is 6.92 Å². The van der Waals surface area contributed by atoms with Crippen molar-refractivity contribution in [1.82, 2.24) is 20.4 Å². The smallest absolute Gasteiger partial charge is 0.295 e. The maximum atomic E-state index is 12.0. The van der Waals surface area contributed by atoms with Gasteiger partial charge in [0.1, 0.15) is 0 Å². The van der Waals surface area contributed by atoms with Crippen molar-refractivity contribution in [3.8, 4) is 0 Å². The largest absolute Gasteiger partial charge is 0.339 e. The SMILES string of the molecule is Cc1nc(C(=O)N2CC(C)NC(C)C2)no1. The number of nitrogens with one attached hydrogen (secondary N) is 1. The van der Waals surface area contributed by atoms with Crippen LogP contribution in [0.1, 0.15) is 30.4 Å². The summed E-state index contributed by atoms with van der Waals surface area (Å²) in [6, 6.07) is 0.585. The Labute approximate surface area is 94.0 Å². The van der Waals surface area contributed by atoms with Crippen LogP contribution in [0.3, 0.4) is 0 Å². The lowest BCUT2D eigenvalue weighted by Gasteiger charge is -2.35. The Hall–Kier alpha value is -1.43. The van der Waals surface area contributed by atoms with Gasteiger partial charge in [-0.25, -0.2) is 0 Å². The van der Waals surface area contributed by atoms with E-state index in [-0.39, 0.29) is 11.7 Å².